The molecule has 1 heterocycles. The Balaban J connectivity index is 1.53. The molecule has 30 heavy (non-hydrogen) atoms. The lowest BCUT2D eigenvalue weighted by atomic mass is 10.0. The zero-order chi connectivity index (χ0) is 21.0. The number of benzene rings is 2. The SMILES string of the molecule is CN=C(NCCOc1ccccc1)NCC(c1ccc(OC)cc1)N1CCOCC1. The van der Waals surface area contributed by atoms with Crippen LogP contribution in [0.3, 0.4) is 0 Å². The molecule has 162 valence electrons. The number of nitrogens with one attached hydrogen (secondary N) is 2. The first-order valence-electron chi connectivity index (χ1n) is 10.4. The molecule has 1 atom stereocenters. The average Bonchev–Trinajstić information content (AvgIpc) is 2.82. The van der Waals surface area contributed by atoms with E-state index in [-0.39, 0.29) is 6.04 Å². The molecule has 2 aromatic rings. The van der Waals surface area contributed by atoms with E-state index in [4.69, 9.17) is 14.2 Å². The summed E-state index contributed by atoms with van der Waals surface area (Å²) in [7, 11) is 3.47. The second-order valence-electron chi connectivity index (χ2n) is 6.98. The van der Waals surface area contributed by atoms with Crippen molar-refractivity contribution in [1.29, 1.82) is 0 Å². The van der Waals surface area contributed by atoms with Crippen molar-refractivity contribution in [2.24, 2.45) is 4.99 Å². The monoisotopic (exact) mass is 412 g/mol. The van der Waals surface area contributed by atoms with Gasteiger partial charge in [0.25, 0.3) is 0 Å². The zero-order valence-electron chi connectivity index (χ0n) is 17.8. The van der Waals surface area contributed by atoms with Crippen LogP contribution in [0.4, 0.5) is 0 Å². The van der Waals surface area contributed by atoms with Gasteiger partial charge in [0.1, 0.15) is 18.1 Å². The minimum Gasteiger partial charge on any atom is -0.497 e. The fourth-order valence-corrected chi connectivity index (χ4v) is 3.44. The molecule has 1 unspecified atom stereocenters. The van der Waals surface area contributed by atoms with Crippen LogP contribution in [-0.4, -0.2) is 71.0 Å². The summed E-state index contributed by atoms with van der Waals surface area (Å²) in [6, 6.07) is 18.3. The van der Waals surface area contributed by atoms with Crippen LogP contribution in [0.25, 0.3) is 0 Å². The summed E-state index contributed by atoms with van der Waals surface area (Å²) in [6.07, 6.45) is 0. The number of guanidine groups is 1. The number of morpholine rings is 1. The van der Waals surface area contributed by atoms with Crippen molar-refractivity contribution in [3.8, 4) is 11.5 Å². The maximum atomic E-state index is 5.73. The number of para-hydroxylation sites is 1. The van der Waals surface area contributed by atoms with E-state index >= 15 is 0 Å². The van der Waals surface area contributed by atoms with Crippen LogP contribution in [0.1, 0.15) is 11.6 Å². The number of nitrogens with zero attached hydrogens (tertiary/aromatic N) is 2. The Bertz CT molecular complexity index is 762. The lowest BCUT2D eigenvalue weighted by Crippen LogP contribution is -2.46. The normalized spacial score (nSPS) is 16.0. The molecule has 2 aromatic carbocycles. The summed E-state index contributed by atoms with van der Waals surface area (Å²) in [5.74, 6) is 2.50. The van der Waals surface area contributed by atoms with Crippen molar-refractivity contribution in [1.82, 2.24) is 15.5 Å². The molecular weight excluding hydrogens is 380 g/mol. The van der Waals surface area contributed by atoms with E-state index in [1.54, 1.807) is 14.2 Å². The highest BCUT2D eigenvalue weighted by molar-refractivity contribution is 5.79. The first-order chi connectivity index (χ1) is 14.8. The van der Waals surface area contributed by atoms with Gasteiger partial charge in [0.15, 0.2) is 5.96 Å². The summed E-state index contributed by atoms with van der Waals surface area (Å²) >= 11 is 0. The maximum Gasteiger partial charge on any atom is 0.191 e. The molecule has 0 bridgehead atoms. The number of ether oxygens (including phenoxy) is 3. The van der Waals surface area contributed by atoms with E-state index in [2.05, 4.69) is 32.7 Å². The molecule has 1 aliphatic rings. The van der Waals surface area contributed by atoms with Gasteiger partial charge >= 0.3 is 0 Å². The van der Waals surface area contributed by atoms with Gasteiger partial charge in [-0.2, -0.15) is 0 Å². The van der Waals surface area contributed by atoms with Gasteiger partial charge in [-0.3, -0.25) is 9.89 Å². The number of hydrogen-bond donors (Lipinski definition) is 2. The number of aliphatic imine (C=N–C) groups is 1. The van der Waals surface area contributed by atoms with E-state index in [9.17, 15) is 0 Å². The van der Waals surface area contributed by atoms with Gasteiger partial charge in [-0.1, -0.05) is 30.3 Å². The van der Waals surface area contributed by atoms with Gasteiger partial charge in [0.05, 0.1) is 32.9 Å². The minimum atomic E-state index is 0.221. The van der Waals surface area contributed by atoms with E-state index in [1.807, 2.05) is 42.5 Å². The molecule has 0 saturated carbocycles. The molecule has 0 amide bonds. The smallest absolute Gasteiger partial charge is 0.191 e. The van der Waals surface area contributed by atoms with Crippen LogP contribution in [0.5, 0.6) is 11.5 Å². The molecule has 7 nitrogen and oxygen atoms in total. The van der Waals surface area contributed by atoms with Crippen molar-refractivity contribution >= 4 is 5.96 Å². The Labute approximate surface area is 179 Å². The van der Waals surface area contributed by atoms with Crippen molar-refractivity contribution < 1.29 is 14.2 Å². The van der Waals surface area contributed by atoms with Gasteiger partial charge < -0.3 is 24.8 Å². The Kier molecular flexibility index (Phi) is 8.80. The summed E-state index contributed by atoms with van der Waals surface area (Å²) in [5.41, 5.74) is 1.24. The lowest BCUT2D eigenvalue weighted by Gasteiger charge is -2.35. The second kappa shape index (κ2) is 12.0. The molecular formula is C23H32N4O3. The molecule has 1 fully saturated rings. The van der Waals surface area contributed by atoms with Crippen LogP contribution in [0.15, 0.2) is 59.6 Å². The van der Waals surface area contributed by atoms with Gasteiger partial charge in [-0.05, 0) is 29.8 Å². The lowest BCUT2D eigenvalue weighted by molar-refractivity contribution is 0.0170. The predicted octanol–water partition coefficient (Wildman–Crippen LogP) is 2.31. The Hall–Kier alpha value is -2.77. The van der Waals surface area contributed by atoms with Crippen LogP contribution < -0.4 is 20.1 Å². The van der Waals surface area contributed by atoms with Crippen LogP contribution in [-0.2, 0) is 4.74 Å². The van der Waals surface area contributed by atoms with Gasteiger partial charge in [-0.15, -0.1) is 0 Å². The molecule has 1 saturated heterocycles. The summed E-state index contributed by atoms with van der Waals surface area (Å²) < 4.78 is 16.6. The third-order valence-electron chi connectivity index (χ3n) is 5.08. The molecule has 3 rings (SSSR count). The van der Waals surface area contributed by atoms with Gasteiger partial charge in [0.2, 0.25) is 0 Å². The predicted molar refractivity (Wildman–Crippen MR) is 119 cm³/mol. The highest BCUT2D eigenvalue weighted by Gasteiger charge is 2.23. The quantitative estimate of drug-likeness (QED) is 0.374. The molecule has 2 N–H and O–H groups in total. The van der Waals surface area contributed by atoms with Crippen molar-refractivity contribution in [2.45, 2.75) is 6.04 Å². The first-order valence-corrected chi connectivity index (χ1v) is 10.4. The Morgan fingerprint density at radius 2 is 1.77 bits per heavy atom. The fourth-order valence-electron chi connectivity index (χ4n) is 3.44. The standard InChI is InChI=1S/C23H32N4O3/c1-24-23(25-12-15-30-21-6-4-3-5-7-21)26-18-22(27-13-16-29-17-14-27)19-8-10-20(28-2)11-9-19/h3-11,22H,12-18H2,1-2H3,(H2,24,25,26). The number of methoxy groups -OCH3 is 1. The number of hydrogen-bond acceptors (Lipinski definition) is 5. The van der Waals surface area contributed by atoms with Crippen LogP contribution >= 0.6 is 0 Å². The Morgan fingerprint density at radius 1 is 1.03 bits per heavy atom. The van der Waals surface area contributed by atoms with Crippen molar-refractivity contribution in [3.63, 3.8) is 0 Å². The molecule has 7 heteroatoms. The van der Waals surface area contributed by atoms with Crippen LogP contribution in [0, 0.1) is 0 Å². The molecule has 0 aliphatic carbocycles. The highest BCUT2D eigenvalue weighted by atomic mass is 16.5. The molecule has 0 aromatic heterocycles. The van der Waals surface area contributed by atoms with E-state index in [1.165, 1.54) is 5.56 Å². The summed E-state index contributed by atoms with van der Waals surface area (Å²) in [6.45, 7) is 5.32. The van der Waals surface area contributed by atoms with Crippen molar-refractivity contribution in [3.05, 3.63) is 60.2 Å². The van der Waals surface area contributed by atoms with Gasteiger partial charge in [-0.25, -0.2) is 0 Å². The molecule has 0 spiro atoms. The molecule has 0 radical (unpaired) electrons. The first kappa shape index (κ1) is 21.9. The van der Waals surface area contributed by atoms with Crippen molar-refractivity contribution in [2.75, 3.05) is 60.2 Å². The largest absolute Gasteiger partial charge is 0.497 e. The second-order valence-corrected chi connectivity index (χ2v) is 6.98. The van der Waals surface area contributed by atoms with E-state index in [0.29, 0.717) is 13.2 Å². The zero-order valence-corrected chi connectivity index (χ0v) is 17.8. The summed E-state index contributed by atoms with van der Waals surface area (Å²) in [5, 5.41) is 6.78. The fraction of sp³-hybridized carbons (Fsp3) is 0.435. The topological polar surface area (TPSA) is 67.4 Å². The van der Waals surface area contributed by atoms with E-state index < -0.39 is 0 Å². The number of rotatable bonds is 9. The van der Waals surface area contributed by atoms with Gasteiger partial charge in [0, 0.05) is 26.7 Å². The molecule has 1 aliphatic heterocycles. The highest BCUT2D eigenvalue weighted by Crippen LogP contribution is 2.23. The maximum absolute atomic E-state index is 5.73. The summed E-state index contributed by atoms with van der Waals surface area (Å²) in [4.78, 5) is 6.79. The third kappa shape index (κ3) is 6.64. The van der Waals surface area contributed by atoms with Crippen LogP contribution in [0.2, 0.25) is 0 Å². The van der Waals surface area contributed by atoms with E-state index in [0.717, 1.165) is 50.3 Å². The third-order valence-corrected chi connectivity index (χ3v) is 5.08. The minimum absolute atomic E-state index is 0.221. The Morgan fingerprint density at radius 3 is 2.43 bits per heavy atom. The average molecular weight is 413 g/mol.